The normalized spacial score (nSPS) is 22.9. The topological polar surface area (TPSA) is 55.9 Å². The number of nitrogens with one attached hydrogen (secondary N) is 1. The zero-order chi connectivity index (χ0) is 19.6. The Morgan fingerprint density at radius 3 is 2.30 bits per heavy atom. The van der Waals surface area contributed by atoms with Gasteiger partial charge in [-0.25, -0.2) is 13.6 Å². The first-order valence-electron chi connectivity index (χ1n) is 9.27. The molecule has 2 saturated heterocycles. The van der Waals surface area contributed by atoms with E-state index in [9.17, 15) is 18.4 Å². The molecule has 3 amide bonds. The van der Waals surface area contributed by atoms with Gasteiger partial charge >= 0.3 is 6.03 Å². The van der Waals surface area contributed by atoms with Crippen LogP contribution in [0.5, 0.6) is 0 Å². The summed E-state index contributed by atoms with van der Waals surface area (Å²) in [7, 11) is 3.52. The summed E-state index contributed by atoms with van der Waals surface area (Å²) in [6.07, 6.45) is 1.89. The first-order chi connectivity index (χ1) is 12.8. The fourth-order valence-electron chi connectivity index (χ4n) is 3.83. The largest absolute Gasteiger partial charge is 0.348 e. The van der Waals surface area contributed by atoms with Gasteiger partial charge in [-0.3, -0.25) is 9.69 Å². The summed E-state index contributed by atoms with van der Waals surface area (Å²) in [5.74, 6) is -1.00. The second-order valence-electron chi connectivity index (χ2n) is 7.63. The van der Waals surface area contributed by atoms with E-state index in [0.29, 0.717) is 31.5 Å². The number of amides is 3. The van der Waals surface area contributed by atoms with E-state index in [1.54, 1.807) is 23.9 Å². The van der Waals surface area contributed by atoms with Crippen LogP contribution in [0.3, 0.4) is 0 Å². The van der Waals surface area contributed by atoms with Gasteiger partial charge < -0.3 is 15.1 Å². The minimum atomic E-state index is -0.980. The van der Waals surface area contributed by atoms with Gasteiger partial charge in [0.25, 0.3) is 0 Å². The monoisotopic (exact) mass is 380 g/mol. The van der Waals surface area contributed by atoms with Gasteiger partial charge in [0.15, 0.2) is 11.6 Å². The highest BCUT2D eigenvalue weighted by Crippen LogP contribution is 2.32. The van der Waals surface area contributed by atoms with Gasteiger partial charge in [0.2, 0.25) is 5.91 Å². The molecule has 0 saturated carbocycles. The maximum atomic E-state index is 13.3. The van der Waals surface area contributed by atoms with Crippen molar-refractivity contribution < 1.29 is 18.4 Å². The third-order valence-electron chi connectivity index (χ3n) is 5.52. The summed E-state index contributed by atoms with van der Waals surface area (Å²) in [5.41, 5.74) is 0.249. The van der Waals surface area contributed by atoms with Crippen molar-refractivity contribution in [3.63, 3.8) is 0 Å². The van der Waals surface area contributed by atoms with Crippen molar-refractivity contribution in [2.75, 3.05) is 52.1 Å². The molecule has 0 spiro atoms. The third kappa shape index (κ3) is 4.74. The van der Waals surface area contributed by atoms with E-state index in [-0.39, 0.29) is 17.6 Å². The van der Waals surface area contributed by atoms with E-state index < -0.39 is 11.6 Å². The molecule has 2 fully saturated rings. The Hall–Kier alpha value is -2.22. The van der Waals surface area contributed by atoms with Gasteiger partial charge in [0.05, 0.1) is 6.54 Å². The Labute approximate surface area is 158 Å². The van der Waals surface area contributed by atoms with Crippen LogP contribution in [-0.2, 0) is 4.79 Å². The van der Waals surface area contributed by atoms with Crippen LogP contribution < -0.4 is 5.32 Å². The van der Waals surface area contributed by atoms with Crippen LogP contribution in [0.4, 0.5) is 19.3 Å². The van der Waals surface area contributed by atoms with E-state index in [2.05, 4.69) is 10.2 Å². The SMILES string of the molecule is CN(C)C(=O)CN1CC[C@@H]2CN(C(=O)Nc3ccc(F)c(F)c3)C[C@@H]2CC1. The van der Waals surface area contributed by atoms with Crippen molar-refractivity contribution in [2.24, 2.45) is 11.8 Å². The molecule has 0 bridgehead atoms. The van der Waals surface area contributed by atoms with Crippen LogP contribution in [0.15, 0.2) is 18.2 Å². The number of halogens is 2. The molecule has 2 atom stereocenters. The minimum Gasteiger partial charge on any atom is -0.348 e. The van der Waals surface area contributed by atoms with Gasteiger partial charge in [-0.1, -0.05) is 0 Å². The third-order valence-corrected chi connectivity index (χ3v) is 5.52. The number of benzene rings is 1. The maximum Gasteiger partial charge on any atom is 0.321 e. The standard InChI is InChI=1S/C19H26F2N4O2/c1-23(2)18(26)12-24-7-5-13-10-25(11-14(13)6-8-24)19(27)22-15-3-4-16(20)17(21)9-15/h3-4,9,13-14H,5-8,10-12H2,1-2H3,(H,22,27)/t13-,14+. The lowest BCUT2D eigenvalue weighted by molar-refractivity contribution is -0.129. The van der Waals surface area contributed by atoms with Crippen molar-refractivity contribution in [1.29, 1.82) is 0 Å². The summed E-state index contributed by atoms with van der Waals surface area (Å²) in [6.45, 7) is 3.43. The highest BCUT2D eigenvalue weighted by atomic mass is 19.2. The van der Waals surface area contributed by atoms with Crippen molar-refractivity contribution >= 4 is 17.6 Å². The molecule has 3 rings (SSSR count). The molecule has 0 aromatic heterocycles. The van der Waals surface area contributed by atoms with Crippen molar-refractivity contribution in [3.05, 3.63) is 29.8 Å². The number of nitrogens with zero attached hydrogens (tertiary/aromatic N) is 3. The number of fused-ring (bicyclic) bond motifs is 1. The Kier molecular flexibility index (Phi) is 5.94. The summed E-state index contributed by atoms with van der Waals surface area (Å²) in [5, 5.41) is 2.64. The Morgan fingerprint density at radius 2 is 1.74 bits per heavy atom. The number of anilines is 1. The number of rotatable bonds is 3. The van der Waals surface area contributed by atoms with Crippen LogP contribution in [0.25, 0.3) is 0 Å². The minimum absolute atomic E-state index is 0.106. The fraction of sp³-hybridized carbons (Fsp3) is 0.579. The molecular weight excluding hydrogens is 354 g/mol. The number of carbonyl (C=O) groups excluding carboxylic acids is 2. The lowest BCUT2D eigenvalue weighted by atomic mass is 9.92. The van der Waals surface area contributed by atoms with Crippen molar-refractivity contribution in [1.82, 2.24) is 14.7 Å². The van der Waals surface area contributed by atoms with Crippen LogP contribution >= 0.6 is 0 Å². The molecule has 0 radical (unpaired) electrons. The first kappa shape index (κ1) is 19.5. The Bertz CT molecular complexity index is 697. The second kappa shape index (κ2) is 8.21. The van der Waals surface area contributed by atoms with Crippen LogP contribution in [0.1, 0.15) is 12.8 Å². The van der Waals surface area contributed by atoms with Crippen LogP contribution in [0.2, 0.25) is 0 Å². The maximum absolute atomic E-state index is 13.3. The zero-order valence-electron chi connectivity index (χ0n) is 15.8. The number of likely N-dealkylation sites (N-methyl/N-ethyl adjacent to an activating group) is 1. The number of carbonyl (C=O) groups is 2. The molecule has 148 valence electrons. The van der Waals surface area contributed by atoms with Gasteiger partial charge in [-0.05, 0) is 49.9 Å². The zero-order valence-corrected chi connectivity index (χ0v) is 15.8. The van der Waals surface area contributed by atoms with Gasteiger partial charge in [0.1, 0.15) is 0 Å². The first-order valence-corrected chi connectivity index (χ1v) is 9.27. The molecule has 8 heteroatoms. The Morgan fingerprint density at radius 1 is 1.11 bits per heavy atom. The summed E-state index contributed by atoms with van der Waals surface area (Å²) >= 11 is 0. The fourth-order valence-corrected chi connectivity index (χ4v) is 3.83. The predicted molar refractivity (Wildman–Crippen MR) is 98.3 cm³/mol. The van der Waals surface area contributed by atoms with Crippen LogP contribution in [-0.4, -0.2) is 73.5 Å². The molecule has 27 heavy (non-hydrogen) atoms. The van der Waals surface area contributed by atoms with Gasteiger partial charge in [-0.2, -0.15) is 0 Å². The average Bonchev–Trinajstić information content (AvgIpc) is 2.95. The average molecular weight is 380 g/mol. The van der Waals surface area contributed by atoms with E-state index in [4.69, 9.17) is 0 Å². The summed E-state index contributed by atoms with van der Waals surface area (Å²) < 4.78 is 26.3. The molecule has 2 heterocycles. The summed E-state index contributed by atoms with van der Waals surface area (Å²) in [6, 6.07) is 3.06. The van der Waals surface area contributed by atoms with Gasteiger partial charge in [0, 0.05) is 38.9 Å². The highest BCUT2D eigenvalue weighted by molar-refractivity contribution is 5.89. The van der Waals surface area contributed by atoms with Crippen LogP contribution in [0, 0.1) is 23.5 Å². The lowest BCUT2D eigenvalue weighted by Crippen LogP contribution is -2.38. The number of likely N-dealkylation sites (tertiary alicyclic amines) is 2. The quantitative estimate of drug-likeness (QED) is 0.875. The number of hydrogen-bond acceptors (Lipinski definition) is 3. The summed E-state index contributed by atoms with van der Waals surface area (Å²) in [4.78, 5) is 29.9. The molecule has 1 aromatic rings. The molecule has 0 unspecified atom stereocenters. The van der Waals surface area contributed by atoms with E-state index >= 15 is 0 Å². The van der Waals surface area contributed by atoms with Crippen molar-refractivity contribution in [2.45, 2.75) is 12.8 Å². The molecule has 2 aliphatic rings. The molecule has 1 aromatic carbocycles. The number of hydrogen-bond donors (Lipinski definition) is 1. The molecule has 2 aliphatic heterocycles. The van der Waals surface area contributed by atoms with Crippen molar-refractivity contribution in [3.8, 4) is 0 Å². The highest BCUT2D eigenvalue weighted by Gasteiger charge is 2.37. The molecular formula is C19H26F2N4O2. The van der Waals surface area contributed by atoms with E-state index in [1.807, 2.05) is 0 Å². The number of urea groups is 1. The Balaban J connectivity index is 1.52. The lowest BCUT2D eigenvalue weighted by Gasteiger charge is -2.23. The molecule has 1 N–H and O–H groups in total. The predicted octanol–water partition coefficient (Wildman–Crippen LogP) is 2.23. The van der Waals surface area contributed by atoms with Gasteiger partial charge in [-0.15, -0.1) is 0 Å². The van der Waals surface area contributed by atoms with E-state index in [0.717, 1.165) is 38.1 Å². The van der Waals surface area contributed by atoms with E-state index in [1.165, 1.54) is 6.07 Å². The smallest absolute Gasteiger partial charge is 0.321 e. The molecule has 0 aliphatic carbocycles. The second-order valence-corrected chi connectivity index (χ2v) is 7.63. The molecule has 6 nitrogen and oxygen atoms in total.